The van der Waals surface area contributed by atoms with Crippen LogP contribution in [0.25, 0.3) is 0 Å². The molecule has 5 heteroatoms. The number of fused-ring (bicyclic) bond motifs is 1. The Labute approximate surface area is 173 Å². The minimum atomic E-state index is -0.738. The van der Waals surface area contributed by atoms with Gasteiger partial charge in [0.15, 0.2) is 11.5 Å². The number of carbonyl (C=O) groups is 1. The Morgan fingerprint density at radius 1 is 0.966 bits per heavy atom. The molecule has 0 aromatic heterocycles. The summed E-state index contributed by atoms with van der Waals surface area (Å²) < 4.78 is 11.6. The second-order valence-corrected chi connectivity index (χ2v) is 9.44. The molecule has 3 rings (SSSR count). The monoisotopic (exact) mass is 394 g/mol. The minimum Gasteiger partial charge on any atom is -0.485 e. The molecule has 29 heavy (non-hydrogen) atoms. The molecule has 0 spiro atoms. The standard InChI is InChI=1S/C24H30N2O3/c1-23(2,3)17-9-7-16(8-10-17)14-25-26-22(27)21-15-28-19-12-11-18(24(4,5)6)13-20(19)29-21/h7-14,21H,15H2,1-6H3,(H,26,27)/t21-/m1/s1. The van der Waals surface area contributed by atoms with Gasteiger partial charge in [0.1, 0.15) is 6.61 Å². The molecule has 0 saturated heterocycles. The highest BCUT2D eigenvalue weighted by atomic mass is 16.6. The Balaban J connectivity index is 1.61. The molecule has 0 fully saturated rings. The third-order valence-electron chi connectivity index (χ3n) is 4.93. The van der Waals surface area contributed by atoms with E-state index >= 15 is 0 Å². The molecule has 1 atom stereocenters. The van der Waals surface area contributed by atoms with Gasteiger partial charge >= 0.3 is 0 Å². The maximum atomic E-state index is 12.4. The lowest BCUT2D eigenvalue weighted by atomic mass is 9.87. The van der Waals surface area contributed by atoms with Crippen LogP contribution in [0, 0.1) is 0 Å². The van der Waals surface area contributed by atoms with Gasteiger partial charge in [0.2, 0.25) is 6.10 Å². The van der Waals surface area contributed by atoms with Crippen LogP contribution in [-0.4, -0.2) is 24.8 Å². The minimum absolute atomic E-state index is 0.0135. The number of benzene rings is 2. The lowest BCUT2D eigenvalue weighted by molar-refractivity contribution is -0.130. The van der Waals surface area contributed by atoms with Crippen LogP contribution in [0.15, 0.2) is 47.6 Å². The zero-order chi connectivity index (χ0) is 21.2. The van der Waals surface area contributed by atoms with Gasteiger partial charge in [0.05, 0.1) is 6.21 Å². The number of ether oxygens (including phenoxy) is 2. The zero-order valence-electron chi connectivity index (χ0n) is 18.1. The third kappa shape index (κ3) is 5.17. The van der Waals surface area contributed by atoms with Crippen LogP contribution in [0.1, 0.15) is 58.2 Å². The van der Waals surface area contributed by atoms with E-state index in [0.717, 1.165) is 11.1 Å². The van der Waals surface area contributed by atoms with Gasteiger partial charge in [-0.1, -0.05) is 71.9 Å². The number of hydrogen-bond acceptors (Lipinski definition) is 4. The average Bonchev–Trinajstić information content (AvgIpc) is 2.66. The number of nitrogens with zero attached hydrogens (tertiary/aromatic N) is 1. The molecule has 0 radical (unpaired) electrons. The molecule has 2 aromatic rings. The van der Waals surface area contributed by atoms with Gasteiger partial charge in [-0.3, -0.25) is 4.79 Å². The molecule has 1 amide bonds. The van der Waals surface area contributed by atoms with Crippen LogP contribution in [0.4, 0.5) is 0 Å². The number of hydrazone groups is 1. The fourth-order valence-electron chi connectivity index (χ4n) is 2.98. The first-order valence-corrected chi connectivity index (χ1v) is 9.91. The molecule has 1 N–H and O–H groups in total. The molecule has 0 saturated carbocycles. The molecule has 1 aliphatic heterocycles. The van der Waals surface area contributed by atoms with Crippen LogP contribution in [0.3, 0.4) is 0 Å². The quantitative estimate of drug-likeness (QED) is 0.613. The largest absolute Gasteiger partial charge is 0.485 e. The van der Waals surface area contributed by atoms with Gasteiger partial charge in [0, 0.05) is 0 Å². The zero-order valence-corrected chi connectivity index (χ0v) is 18.1. The SMILES string of the molecule is CC(C)(C)c1ccc(C=NNC(=O)[C@H]2COc3ccc(C(C)(C)C)cc3O2)cc1. The maximum absolute atomic E-state index is 12.4. The lowest BCUT2D eigenvalue weighted by Gasteiger charge is -2.27. The maximum Gasteiger partial charge on any atom is 0.284 e. The number of rotatable bonds is 3. The molecule has 1 aliphatic rings. The Morgan fingerprint density at radius 3 is 2.21 bits per heavy atom. The Morgan fingerprint density at radius 2 is 1.59 bits per heavy atom. The molecule has 2 aromatic carbocycles. The van der Waals surface area contributed by atoms with Crippen molar-refractivity contribution in [3.8, 4) is 11.5 Å². The van der Waals surface area contributed by atoms with Crippen molar-refractivity contribution < 1.29 is 14.3 Å². The number of carbonyl (C=O) groups excluding carboxylic acids is 1. The van der Waals surface area contributed by atoms with Gasteiger partial charge in [0.25, 0.3) is 5.91 Å². The molecule has 0 aliphatic carbocycles. The van der Waals surface area contributed by atoms with Crippen molar-refractivity contribution in [2.75, 3.05) is 6.61 Å². The van der Waals surface area contributed by atoms with Crippen LogP contribution in [-0.2, 0) is 15.6 Å². The third-order valence-corrected chi connectivity index (χ3v) is 4.93. The number of amides is 1. The van der Waals surface area contributed by atoms with E-state index in [1.165, 1.54) is 5.56 Å². The topological polar surface area (TPSA) is 59.9 Å². The van der Waals surface area contributed by atoms with Gasteiger partial charge in [-0.25, -0.2) is 5.43 Å². The number of hydrogen-bond donors (Lipinski definition) is 1. The van der Waals surface area contributed by atoms with E-state index in [-0.39, 0.29) is 23.3 Å². The summed E-state index contributed by atoms with van der Waals surface area (Å²) in [4.78, 5) is 12.4. The summed E-state index contributed by atoms with van der Waals surface area (Å²) in [7, 11) is 0. The van der Waals surface area contributed by atoms with Crippen molar-refractivity contribution in [1.82, 2.24) is 5.43 Å². The van der Waals surface area contributed by atoms with E-state index in [1.54, 1.807) is 6.21 Å². The van der Waals surface area contributed by atoms with Crippen LogP contribution in [0.2, 0.25) is 0 Å². The summed E-state index contributed by atoms with van der Waals surface area (Å²) in [5.74, 6) is 0.912. The number of nitrogens with one attached hydrogen (secondary N) is 1. The summed E-state index contributed by atoms with van der Waals surface area (Å²) >= 11 is 0. The van der Waals surface area contributed by atoms with Crippen molar-refractivity contribution >= 4 is 12.1 Å². The van der Waals surface area contributed by atoms with Crippen LogP contribution in [0.5, 0.6) is 11.5 Å². The van der Waals surface area contributed by atoms with Crippen molar-refractivity contribution in [3.05, 3.63) is 59.2 Å². The van der Waals surface area contributed by atoms with Crippen LogP contribution < -0.4 is 14.9 Å². The summed E-state index contributed by atoms with van der Waals surface area (Å²) in [6.45, 7) is 13.1. The predicted octanol–water partition coefficient (Wildman–Crippen LogP) is 4.57. The molecule has 5 nitrogen and oxygen atoms in total. The molecule has 0 bridgehead atoms. The second kappa shape index (κ2) is 7.90. The Bertz CT molecular complexity index is 903. The van der Waals surface area contributed by atoms with E-state index in [9.17, 15) is 4.79 Å². The first-order valence-electron chi connectivity index (χ1n) is 9.91. The van der Waals surface area contributed by atoms with Crippen molar-refractivity contribution in [2.24, 2.45) is 5.10 Å². The fraction of sp³-hybridized carbons (Fsp3) is 0.417. The summed E-state index contributed by atoms with van der Waals surface area (Å²) in [6, 6.07) is 14.0. The summed E-state index contributed by atoms with van der Waals surface area (Å²) in [6.07, 6.45) is 0.887. The van der Waals surface area contributed by atoms with Gasteiger partial charge < -0.3 is 9.47 Å². The van der Waals surface area contributed by atoms with Gasteiger partial charge in [-0.2, -0.15) is 5.10 Å². The predicted molar refractivity (Wildman–Crippen MR) is 116 cm³/mol. The Hall–Kier alpha value is -2.82. The van der Waals surface area contributed by atoms with E-state index in [0.29, 0.717) is 11.5 Å². The highest BCUT2D eigenvalue weighted by Crippen LogP contribution is 2.36. The van der Waals surface area contributed by atoms with Crippen molar-refractivity contribution in [2.45, 2.75) is 58.5 Å². The normalized spacial score (nSPS) is 16.7. The van der Waals surface area contributed by atoms with Gasteiger partial charge in [-0.05, 0) is 39.7 Å². The second-order valence-electron chi connectivity index (χ2n) is 9.44. The molecular weight excluding hydrogens is 364 g/mol. The van der Waals surface area contributed by atoms with E-state index in [2.05, 4.69) is 64.2 Å². The van der Waals surface area contributed by atoms with Crippen molar-refractivity contribution in [1.29, 1.82) is 0 Å². The first kappa shape index (κ1) is 20.9. The summed E-state index contributed by atoms with van der Waals surface area (Å²) in [5.41, 5.74) is 5.92. The van der Waals surface area contributed by atoms with Gasteiger partial charge in [-0.15, -0.1) is 0 Å². The first-order chi connectivity index (χ1) is 13.5. The highest BCUT2D eigenvalue weighted by molar-refractivity contribution is 5.85. The molecule has 1 heterocycles. The van der Waals surface area contributed by atoms with E-state index in [1.807, 2.05) is 30.3 Å². The smallest absolute Gasteiger partial charge is 0.284 e. The molecular formula is C24H30N2O3. The van der Waals surface area contributed by atoms with E-state index in [4.69, 9.17) is 9.47 Å². The van der Waals surface area contributed by atoms with Crippen molar-refractivity contribution in [3.63, 3.8) is 0 Å². The highest BCUT2D eigenvalue weighted by Gasteiger charge is 2.28. The summed E-state index contributed by atoms with van der Waals surface area (Å²) in [5, 5.41) is 4.06. The molecule has 0 unspecified atom stereocenters. The van der Waals surface area contributed by atoms with Crippen LogP contribution >= 0.6 is 0 Å². The molecule has 154 valence electrons. The van der Waals surface area contributed by atoms with E-state index < -0.39 is 6.10 Å². The average molecular weight is 395 g/mol. The Kier molecular flexibility index (Phi) is 5.69. The lowest BCUT2D eigenvalue weighted by Crippen LogP contribution is -2.42. The fourth-order valence-corrected chi connectivity index (χ4v) is 2.98.